The largest absolute Gasteiger partial charge is 0.351 e. The Morgan fingerprint density at radius 1 is 1.30 bits per heavy atom. The molecule has 30 heavy (non-hydrogen) atoms. The molecule has 8 heteroatoms. The van der Waals surface area contributed by atoms with E-state index >= 15 is 0 Å². The van der Waals surface area contributed by atoms with E-state index < -0.39 is 17.0 Å². The second-order valence-electron chi connectivity index (χ2n) is 9.59. The van der Waals surface area contributed by atoms with E-state index in [1.54, 1.807) is 15.9 Å². The van der Waals surface area contributed by atoms with Crippen LogP contribution in [0.2, 0.25) is 0 Å². The minimum Gasteiger partial charge on any atom is -0.351 e. The van der Waals surface area contributed by atoms with Crippen LogP contribution in [0.3, 0.4) is 0 Å². The number of piperazine rings is 1. The Morgan fingerprint density at radius 2 is 2.00 bits per heavy atom. The summed E-state index contributed by atoms with van der Waals surface area (Å²) < 4.78 is 0. The Kier molecular flexibility index (Phi) is 4.65. The fourth-order valence-corrected chi connectivity index (χ4v) is 4.54. The highest BCUT2D eigenvalue weighted by molar-refractivity contribution is 6.00. The zero-order valence-electron chi connectivity index (χ0n) is 17.9. The number of H-pyrrole nitrogens is 1. The molecule has 3 atom stereocenters. The van der Waals surface area contributed by atoms with E-state index in [1.165, 1.54) is 0 Å². The van der Waals surface area contributed by atoms with Crippen molar-refractivity contribution in [1.82, 2.24) is 20.1 Å². The van der Waals surface area contributed by atoms with Crippen LogP contribution in [0, 0.1) is 5.41 Å². The summed E-state index contributed by atoms with van der Waals surface area (Å²) in [6.07, 6.45) is 0. The number of hydrogen-bond acceptors (Lipinski definition) is 4. The molecule has 160 valence electrons. The van der Waals surface area contributed by atoms with Crippen molar-refractivity contribution in [3.63, 3.8) is 0 Å². The average Bonchev–Trinajstić information content (AvgIpc) is 3.13. The van der Waals surface area contributed by atoms with Gasteiger partial charge in [0.15, 0.2) is 0 Å². The molecule has 1 aromatic heterocycles. The summed E-state index contributed by atoms with van der Waals surface area (Å²) >= 11 is 0. The summed E-state index contributed by atoms with van der Waals surface area (Å²) in [5.74, 6) is -0.523. The first-order valence-electron chi connectivity index (χ1n) is 10.3. The fraction of sp³-hybridized carbons (Fsp3) is 0.500. The minimum atomic E-state index is -0.687. The summed E-state index contributed by atoms with van der Waals surface area (Å²) in [4.78, 5) is 44.9. The number of hydrogen-bond donors (Lipinski definition) is 3. The van der Waals surface area contributed by atoms with Crippen LogP contribution in [0.1, 0.15) is 38.2 Å². The van der Waals surface area contributed by atoms with E-state index in [4.69, 9.17) is 5.73 Å². The van der Waals surface area contributed by atoms with E-state index in [0.717, 1.165) is 10.9 Å². The number of fused-ring (bicyclic) bond motifs is 2. The van der Waals surface area contributed by atoms with Crippen molar-refractivity contribution >= 4 is 28.6 Å². The molecule has 2 saturated heterocycles. The van der Waals surface area contributed by atoms with Gasteiger partial charge in [0.05, 0.1) is 18.1 Å². The van der Waals surface area contributed by atoms with Crippen LogP contribution in [-0.2, 0) is 9.59 Å². The monoisotopic (exact) mass is 411 g/mol. The number of nitrogens with one attached hydrogen (secondary N) is 2. The van der Waals surface area contributed by atoms with Crippen LogP contribution in [0.5, 0.6) is 0 Å². The molecule has 2 aliphatic rings. The first-order chi connectivity index (χ1) is 14.1. The third-order valence-corrected chi connectivity index (χ3v) is 6.48. The highest BCUT2D eigenvalue weighted by Crippen LogP contribution is 2.44. The van der Waals surface area contributed by atoms with Gasteiger partial charge in [-0.2, -0.15) is 0 Å². The molecule has 0 radical (unpaired) electrons. The van der Waals surface area contributed by atoms with Crippen molar-refractivity contribution < 1.29 is 14.4 Å². The van der Waals surface area contributed by atoms with Crippen molar-refractivity contribution in [2.75, 3.05) is 19.6 Å². The number of aromatic amines is 1. The van der Waals surface area contributed by atoms with Crippen molar-refractivity contribution in [2.45, 2.75) is 45.3 Å². The van der Waals surface area contributed by atoms with Gasteiger partial charge in [0.25, 0.3) is 5.91 Å². The molecule has 2 aromatic rings. The van der Waals surface area contributed by atoms with Gasteiger partial charge in [-0.1, -0.05) is 39.0 Å². The first kappa shape index (κ1) is 20.4. The Morgan fingerprint density at radius 3 is 2.57 bits per heavy atom. The molecule has 0 spiro atoms. The van der Waals surface area contributed by atoms with Crippen molar-refractivity contribution in [2.24, 2.45) is 11.1 Å². The van der Waals surface area contributed by atoms with Gasteiger partial charge in [-0.25, -0.2) is 0 Å². The van der Waals surface area contributed by atoms with Crippen LogP contribution in [0.25, 0.3) is 10.9 Å². The van der Waals surface area contributed by atoms with Crippen LogP contribution < -0.4 is 11.1 Å². The van der Waals surface area contributed by atoms with Gasteiger partial charge in [-0.15, -0.1) is 0 Å². The molecular formula is C22H29N5O3. The normalized spacial score (nSPS) is 24.0. The Balaban J connectivity index is 1.50. The van der Waals surface area contributed by atoms with Crippen LogP contribution >= 0.6 is 0 Å². The number of carbonyl (C=O) groups excluding carboxylic acids is 3. The van der Waals surface area contributed by atoms with E-state index in [1.807, 2.05) is 52.0 Å². The number of rotatable bonds is 4. The lowest BCUT2D eigenvalue weighted by atomic mass is 9.70. The minimum absolute atomic E-state index is 0.00234. The van der Waals surface area contributed by atoms with Gasteiger partial charge >= 0.3 is 0 Å². The van der Waals surface area contributed by atoms with Crippen LogP contribution in [0.4, 0.5) is 0 Å². The highest BCUT2D eigenvalue weighted by Gasteiger charge is 2.65. The van der Waals surface area contributed by atoms with Crippen LogP contribution in [-0.4, -0.2) is 69.8 Å². The van der Waals surface area contributed by atoms with Gasteiger partial charge in [0.2, 0.25) is 11.8 Å². The molecule has 0 bridgehead atoms. The lowest BCUT2D eigenvalue weighted by molar-refractivity contribution is -0.206. The second kappa shape index (κ2) is 6.84. The summed E-state index contributed by atoms with van der Waals surface area (Å²) in [6.45, 7) is 8.72. The Bertz CT molecular complexity index is 990. The van der Waals surface area contributed by atoms with Crippen molar-refractivity contribution in [1.29, 1.82) is 0 Å². The lowest BCUT2D eigenvalue weighted by Gasteiger charge is -2.69. The second-order valence-corrected chi connectivity index (χ2v) is 9.59. The van der Waals surface area contributed by atoms with E-state index in [2.05, 4.69) is 10.3 Å². The molecule has 0 aliphatic carbocycles. The number of benzene rings is 1. The SMILES string of the molecule is CC(C)(C)[C@H](NC(=O)c1cc2ccccc2[nH]1)C(=O)N1C[C@H]2N(C(=O)CN)CC21C. The van der Waals surface area contributed by atoms with E-state index in [9.17, 15) is 14.4 Å². The molecule has 2 fully saturated rings. The first-order valence-corrected chi connectivity index (χ1v) is 10.3. The molecule has 4 rings (SSSR count). The molecule has 1 unspecified atom stereocenters. The molecular weight excluding hydrogens is 382 g/mol. The summed E-state index contributed by atoms with van der Waals surface area (Å²) in [6, 6.07) is 8.76. The number of likely N-dealkylation sites (tertiary alicyclic amines) is 2. The molecule has 0 saturated carbocycles. The zero-order valence-corrected chi connectivity index (χ0v) is 17.9. The average molecular weight is 412 g/mol. The third-order valence-electron chi connectivity index (χ3n) is 6.48. The number of amides is 3. The predicted molar refractivity (Wildman–Crippen MR) is 114 cm³/mol. The molecule has 1 aromatic carbocycles. The van der Waals surface area contributed by atoms with Crippen LogP contribution in [0.15, 0.2) is 30.3 Å². The fourth-order valence-electron chi connectivity index (χ4n) is 4.54. The number of nitrogens with two attached hydrogens (primary N) is 1. The molecule has 2 aliphatic heterocycles. The Hall–Kier alpha value is -2.87. The van der Waals surface area contributed by atoms with Gasteiger partial charge in [0.1, 0.15) is 11.7 Å². The third kappa shape index (κ3) is 3.06. The predicted octanol–water partition coefficient (Wildman–Crippen LogP) is 1.08. The van der Waals surface area contributed by atoms with Gasteiger partial charge < -0.3 is 25.8 Å². The summed E-state index contributed by atoms with van der Waals surface area (Å²) in [5.41, 5.74) is 5.90. The number of aromatic nitrogens is 1. The highest BCUT2D eigenvalue weighted by atomic mass is 16.2. The summed E-state index contributed by atoms with van der Waals surface area (Å²) in [5, 5.41) is 3.89. The Labute approximate surface area is 175 Å². The van der Waals surface area contributed by atoms with E-state index in [0.29, 0.717) is 18.8 Å². The van der Waals surface area contributed by atoms with E-state index in [-0.39, 0.29) is 30.3 Å². The van der Waals surface area contributed by atoms with Gasteiger partial charge in [0, 0.05) is 24.0 Å². The molecule has 3 amide bonds. The maximum Gasteiger partial charge on any atom is 0.268 e. The topological polar surface area (TPSA) is 112 Å². The van der Waals surface area contributed by atoms with Gasteiger partial charge in [-0.3, -0.25) is 14.4 Å². The summed E-state index contributed by atoms with van der Waals surface area (Å²) in [7, 11) is 0. The zero-order chi connectivity index (χ0) is 21.8. The number of nitrogens with zero attached hydrogens (tertiary/aromatic N) is 2. The number of para-hydroxylation sites is 1. The number of carbonyl (C=O) groups is 3. The lowest BCUT2D eigenvalue weighted by Crippen LogP contribution is -2.89. The molecule has 4 N–H and O–H groups in total. The smallest absolute Gasteiger partial charge is 0.268 e. The van der Waals surface area contributed by atoms with Crippen molar-refractivity contribution in [3.05, 3.63) is 36.0 Å². The molecule has 3 heterocycles. The maximum absolute atomic E-state index is 13.4. The molecule has 8 nitrogen and oxygen atoms in total. The van der Waals surface area contributed by atoms with Crippen molar-refractivity contribution in [3.8, 4) is 0 Å². The maximum atomic E-state index is 13.4. The quantitative estimate of drug-likeness (QED) is 0.699. The van der Waals surface area contributed by atoms with Gasteiger partial charge in [-0.05, 0) is 24.5 Å². The standard InChI is InChI=1S/C22H29N5O3/c1-21(2,3)18(25-19(29)15-9-13-7-5-6-8-14(13)24-15)20(30)27-11-16-22(27,4)12-26(16)17(28)10-23/h5-9,16,18,24H,10-12,23H2,1-4H3,(H,25,29)/t16-,18-,22?/m1/s1.